The first-order valence-electron chi connectivity index (χ1n) is 10.8. The van der Waals surface area contributed by atoms with Crippen LogP contribution in [-0.4, -0.2) is 77.9 Å². The van der Waals surface area contributed by atoms with E-state index < -0.39 is 5.54 Å². The summed E-state index contributed by atoms with van der Waals surface area (Å²) < 4.78 is 5.07. The van der Waals surface area contributed by atoms with E-state index >= 15 is 0 Å². The number of nitrogens with one attached hydrogen (secondary N) is 1. The van der Waals surface area contributed by atoms with Gasteiger partial charge >= 0.3 is 0 Å². The van der Waals surface area contributed by atoms with Crippen molar-refractivity contribution in [1.82, 2.24) is 20.1 Å². The van der Waals surface area contributed by atoms with E-state index in [1.165, 1.54) is 0 Å². The molecule has 1 spiro atoms. The molecule has 30 heavy (non-hydrogen) atoms. The minimum atomic E-state index is -0.490. The first-order chi connectivity index (χ1) is 14.5. The zero-order valence-corrected chi connectivity index (χ0v) is 17.5. The molecule has 1 aromatic heterocycles. The molecule has 3 saturated heterocycles. The van der Waals surface area contributed by atoms with E-state index in [1.807, 2.05) is 23.1 Å². The van der Waals surface area contributed by atoms with Gasteiger partial charge in [0.05, 0.1) is 18.1 Å². The molecule has 3 aliphatic rings. The van der Waals surface area contributed by atoms with Gasteiger partial charge in [0.2, 0.25) is 17.7 Å². The number of nitrogens with zero attached hydrogens (tertiary/aromatic N) is 3. The van der Waals surface area contributed by atoms with Gasteiger partial charge in [-0.15, -0.1) is 0 Å². The van der Waals surface area contributed by atoms with Crippen LogP contribution in [0.2, 0.25) is 0 Å². The maximum Gasteiger partial charge on any atom is 0.228 e. The quantitative estimate of drug-likeness (QED) is 0.774. The zero-order valence-electron chi connectivity index (χ0n) is 17.5. The van der Waals surface area contributed by atoms with Crippen LogP contribution in [-0.2, 0) is 19.1 Å². The summed E-state index contributed by atoms with van der Waals surface area (Å²) in [6, 6.07) is 5.80. The number of pyridine rings is 1. The Hall–Kier alpha value is -2.48. The first-order valence-corrected chi connectivity index (χ1v) is 10.8. The maximum atomic E-state index is 13.4. The predicted molar refractivity (Wildman–Crippen MR) is 109 cm³/mol. The van der Waals surface area contributed by atoms with Gasteiger partial charge in [-0.25, -0.2) is 0 Å². The molecular weight excluding hydrogens is 384 g/mol. The zero-order chi connectivity index (χ0) is 21.1. The van der Waals surface area contributed by atoms with E-state index in [0.717, 1.165) is 25.0 Å². The lowest BCUT2D eigenvalue weighted by Crippen LogP contribution is -2.53. The van der Waals surface area contributed by atoms with Crippen LogP contribution < -0.4 is 5.32 Å². The molecule has 162 valence electrons. The third-order valence-electron chi connectivity index (χ3n) is 6.69. The summed E-state index contributed by atoms with van der Waals surface area (Å²) in [5.41, 5.74) is 0.412. The number of hydrogen-bond donors (Lipinski definition) is 1. The molecule has 1 N–H and O–H groups in total. The summed E-state index contributed by atoms with van der Waals surface area (Å²) in [6.07, 6.45) is 5.16. The fourth-order valence-corrected chi connectivity index (χ4v) is 5.16. The fourth-order valence-electron chi connectivity index (χ4n) is 5.16. The Bertz CT molecular complexity index is 802. The Morgan fingerprint density at radius 3 is 2.93 bits per heavy atom. The van der Waals surface area contributed by atoms with Crippen LogP contribution >= 0.6 is 0 Å². The average molecular weight is 415 g/mol. The summed E-state index contributed by atoms with van der Waals surface area (Å²) in [7, 11) is 1.60. The van der Waals surface area contributed by atoms with Gasteiger partial charge < -0.3 is 19.9 Å². The highest BCUT2D eigenvalue weighted by molar-refractivity contribution is 5.89. The fraction of sp³-hybridized carbons (Fsp3) is 0.636. The van der Waals surface area contributed by atoms with Crippen molar-refractivity contribution in [2.75, 3.05) is 39.9 Å². The summed E-state index contributed by atoms with van der Waals surface area (Å²) in [5.74, 6) is -0.339. The average Bonchev–Trinajstić information content (AvgIpc) is 3.24. The molecule has 3 amide bonds. The van der Waals surface area contributed by atoms with Crippen LogP contribution in [0.4, 0.5) is 0 Å². The number of ether oxygens (including phenoxy) is 1. The van der Waals surface area contributed by atoms with Crippen LogP contribution in [0.1, 0.15) is 43.7 Å². The van der Waals surface area contributed by atoms with E-state index in [9.17, 15) is 14.4 Å². The number of hydrogen-bond acceptors (Lipinski definition) is 5. The van der Waals surface area contributed by atoms with Crippen LogP contribution in [0.25, 0.3) is 0 Å². The molecule has 4 heterocycles. The maximum absolute atomic E-state index is 13.4. The van der Waals surface area contributed by atoms with E-state index in [0.29, 0.717) is 39.2 Å². The SMILES string of the molecule is COCCN1C[C@@H](C(=O)N2C[C@@H](c3ccccn3)[C@@]3(CCCCC(=O)N3)C2)CC1=O. The summed E-state index contributed by atoms with van der Waals surface area (Å²) in [6.45, 7) is 2.40. The van der Waals surface area contributed by atoms with E-state index in [4.69, 9.17) is 4.74 Å². The van der Waals surface area contributed by atoms with Crippen LogP contribution in [0.5, 0.6) is 0 Å². The van der Waals surface area contributed by atoms with Gasteiger partial charge in [-0.1, -0.05) is 12.5 Å². The van der Waals surface area contributed by atoms with Crippen molar-refractivity contribution in [1.29, 1.82) is 0 Å². The molecule has 3 aliphatic heterocycles. The lowest BCUT2D eigenvalue weighted by Gasteiger charge is -2.34. The molecule has 3 atom stereocenters. The van der Waals surface area contributed by atoms with Crippen molar-refractivity contribution >= 4 is 17.7 Å². The predicted octanol–water partition coefficient (Wildman–Crippen LogP) is 0.931. The van der Waals surface area contributed by atoms with Crippen LogP contribution in [0.3, 0.4) is 0 Å². The van der Waals surface area contributed by atoms with Crippen molar-refractivity contribution in [2.24, 2.45) is 5.92 Å². The van der Waals surface area contributed by atoms with Gasteiger partial charge in [0.25, 0.3) is 0 Å². The highest BCUT2D eigenvalue weighted by Crippen LogP contribution is 2.41. The van der Waals surface area contributed by atoms with Crippen molar-refractivity contribution < 1.29 is 19.1 Å². The number of methoxy groups -OCH3 is 1. The van der Waals surface area contributed by atoms with Crippen LogP contribution in [0, 0.1) is 5.92 Å². The van der Waals surface area contributed by atoms with Crippen LogP contribution in [0.15, 0.2) is 24.4 Å². The molecule has 8 heteroatoms. The van der Waals surface area contributed by atoms with E-state index in [-0.39, 0.29) is 36.0 Å². The van der Waals surface area contributed by atoms with E-state index in [1.54, 1.807) is 18.2 Å². The molecule has 1 aromatic rings. The van der Waals surface area contributed by atoms with Crippen molar-refractivity contribution in [2.45, 2.75) is 43.6 Å². The summed E-state index contributed by atoms with van der Waals surface area (Å²) >= 11 is 0. The third kappa shape index (κ3) is 4.05. The number of carbonyl (C=O) groups excluding carboxylic acids is 3. The second kappa shape index (κ2) is 8.71. The number of likely N-dealkylation sites (tertiary alicyclic amines) is 2. The lowest BCUT2D eigenvalue weighted by atomic mass is 9.81. The molecule has 0 aliphatic carbocycles. The van der Waals surface area contributed by atoms with Gasteiger partial charge in [-0.3, -0.25) is 19.4 Å². The number of aromatic nitrogens is 1. The molecular formula is C22H30N4O4. The Morgan fingerprint density at radius 1 is 1.30 bits per heavy atom. The smallest absolute Gasteiger partial charge is 0.228 e. The first kappa shape index (κ1) is 20.8. The number of carbonyl (C=O) groups is 3. The summed E-state index contributed by atoms with van der Waals surface area (Å²) in [4.78, 5) is 46.2. The monoisotopic (exact) mass is 414 g/mol. The summed E-state index contributed by atoms with van der Waals surface area (Å²) in [5, 5.41) is 3.26. The van der Waals surface area contributed by atoms with Gasteiger partial charge in [0.1, 0.15) is 0 Å². The highest BCUT2D eigenvalue weighted by Gasteiger charge is 2.51. The topological polar surface area (TPSA) is 91.8 Å². The van der Waals surface area contributed by atoms with Gasteiger partial charge in [-0.05, 0) is 25.0 Å². The molecule has 8 nitrogen and oxygen atoms in total. The van der Waals surface area contributed by atoms with Crippen molar-refractivity contribution in [3.8, 4) is 0 Å². The standard InChI is InChI=1S/C22H30N4O4/c1-30-11-10-25-13-16(12-20(25)28)21(29)26-14-17(18-6-3-5-9-23-18)22(15-26)8-4-2-7-19(27)24-22/h3,5-6,9,16-17H,2,4,7-8,10-15H2,1H3,(H,24,27)/t16-,17-,22+/m0/s1. The Kier molecular flexibility index (Phi) is 6.04. The second-order valence-electron chi connectivity index (χ2n) is 8.67. The molecule has 0 unspecified atom stereocenters. The molecule has 0 saturated carbocycles. The largest absolute Gasteiger partial charge is 0.383 e. The molecule has 0 radical (unpaired) electrons. The van der Waals surface area contributed by atoms with Crippen molar-refractivity contribution in [3.63, 3.8) is 0 Å². The Labute approximate surface area is 177 Å². The van der Waals surface area contributed by atoms with Gasteiger partial charge in [-0.2, -0.15) is 0 Å². The van der Waals surface area contributed by atoms with Crippen molar-refractivity contribution in [3.05, 3.63) is 30.1 Å². The second-order valence-corrected chi connectivity index (χ2v) is 8.67. The number of rotatable bonds is 5. The molecule has 4 rings (SSSR count). The van der Waals surface area contributed by atoms with E-state index in [2.05, 4.69) is 10.3 Å². The van der Waals surface area contributed by atoms with Gasteiger partial charge in [0, 0.05) is 63.9 Å². The molecule has 3 fully saturated rings. The molecule has 0 aromatic carbocycles. The lowest BCUT2D eigenvalue weighted by molar-refractivity contribution is -0.135. The minimum Gasteiger partial charge on any atom is -0.383 e. The van der Waals surface area contributed by atoms with Gasteiger partial charge in [0.15, 0.2) is 0 Å². The third-order valence-corrected chi connectivity index (χ3v) is 6.69. The Morgan fingerprint density at radius 2 is 2.17 bits per heavy atom. The highest BCUT2D eigenvalue weighted by atomic mass is 16.5. The normalized spacial score (nSPS) is 29.4. The minimum absolute atomic E-state index is 0.000399. The number of amides is 3. The molecule has 0 bridgehead atoms. The Balaban J connectivity index is 1.54.